The molecule has 0 bridgehead atoms. The summed E-state index contributed by atoms with van der Waals surface area (Å²) >= 11 is 0. The van der Waals surface area contributed by atoms with E-state index in [1.807, 2.05) is 72.8 Å². The van der Waals surface area contributed by atoms with Crippen LogP contribution in [0.4, 0.5) is 0 Å². The Morgan fingerprint density at radius 2 is 1.44 bits per heavy atom. The molecule has 0 spiro atoms. The van der Waals surface area contributed by atoms with E-state index in [0.717, 1.165) is 16.7 Å². The van der Waals surface area contributed by atoms with Gasteiger partial charge < -0.3 is 4.74 Å². The summed E-state index contributed by atoms with van der Waals surface area (Å²) in [7, 11) is 0. The van der Waals surface area contributed by atoms with Crippen molar-refractivity contribution in [1.29, 1.82) is 5.26 Å². The summed E-state index contributed by atoms with van der Waals surface area (Å²) in [6.45, 7) is 2.17. The van der Waals surface area contributed by atoms with Crippen LogP contribution in [0.15, 0.2) is 89.9 Å². The predicted octanol–water partition coefficient (Wildman–Crippen LogP) is 5.45. The van der Waals surface area contributed by atoms with E-state index in [-0.39, 0.29) is 18.1 Å². The van der Waals surface area contributed by atoms with Crippen molar-refractivity contribution < 1.29 is 4.74 Å². The summed E-state index contributed by atoms with van der Waals surface area (Å²) in [6.07, 6.45) is -0.0838. The third kappa shape index (κ3) is 3.47. The first-order valence-electron chi connectivity index (χ1n) is 9.11. The zero-order valence-electron chi connectivity index (χ0n) is 15.1. The molecule has 132 valence electrons. The topological polar surface area (TPSA) is 45.4 Å². The molecular formula is C24H20N2O. The lowest BCUT2D eigenvalue weighted by molar-refractivity contribution is 0.0955. The van der Waals surface area contributed by atoms with E-state index in [4.69, 9.17) is 15.0 Å². The van der Waals surface area contributed by atoms with Crippen LogP contribution in [0.25, 0.3) is 0 Å². The summed E-state index contributed by atoms with van der Waals surface area (Å²) in [5, 5.41) is 9.07. The fourth-order valence-corrected chi connectivity index (χ4v) is 3.54. The Bertz CT molecular complexity index is 972. The van der Waals surface area contributed by atoms with Gasteiger partial charge in [-0.05, 0) is 35.4 Å². The largest absolute Gasteiger partial charge is 0.469 e. The highest BCUT2D eigenvalue weighted by molar-refractivity contribution is 5.94. The lowest BCUT2D eigenvalue weighted by atomic mass is 9.85. The highest BCUT2D eigenvalue weighted by atomic mass is 16.5. The van der Waals surface area contributed by atoms with E-state index in [1.165, 1.54) is 0 Å². The first-order chi connectivity index (χ1) is 13.3. The second-order valence-corrected chi connectivity index (χ2v) is 6.79. The van der Waals surface area contributed by atoms with Crippen molar-refractivity contribution in [3.05, 3.63) is 107 Å². The molecule has 0 saturated heterocycles. The lowest BCUT2D eigenvalue weighted by Crippen LogP contribution is -2.28. The zero-order chi connectivity index (χ0) is 18.6. The van der Waals surface area contributed by atoms with Gasteiger partial charge in [0.25, 0.3) is 0 Å². The van der Waals surface area contributed by atoms with Gasteiger partial charge in [-0.2, -0.15) is 5.26 Å². The maximum Gasteiger partial charge on any atom is 0.217 e. The summed E-state index contributed by atoms with van der Waals surface area (Å²) < 4.78 is 6.37. The van der Waals surface area contributed by atoms with E-state index >= 15 is 0 Å². The van der Waals surface area contributed by atoms with Crippen LogP contribution in [0, 0.1) is 17.2 Å². The van der Waals surface area contributed by atoms with Crippen LogP contribution in [0.2, 0.25) is 0 Å². The number of nitriles is 1. The van der Waals surface area contributed by atoms with Gasteiger partial charge >= 0.3 is 0 Å². The maximum atomic E-state index is 9.07. The Kier molecular flexibility index (Phi) is 4.72. The molecular weight excluding hydrogens is 332 g/mol. The van der Waals surface area contributed by atoms with E-state index in [1.54, 1.807) is 0 Å². The van der Waals surface area contributed by atoms with Crippen LogP contribution in [-0.2, 0) is 4.74 Å². The monoisotopic (exact) mass is 352 g/mol. The van der Waals surface area contributed by atoms with Crippen LogP contribution < -0.4 is 0 Å². The van der Waals surface area contributed by atoms with E-state index in [9.17, 15) is 0 Å². The molecule has 3 aromatic rings. The van der Waals surface area contributed by atoms with E-state index < -0.39 is 0 Å². The molecule has 1 heterocycles. The van der Waals surface area contributed by atoms with Gasteiger partial charge in [0.2, 0.25) is 5.90 Å². The zero-order valence-corrected chi connectivity index (χ0v) is 15.1. The average molecular weight is 352 g/mol. The minimum atomic E-state index is -0.0838. The number of nitrogens with zero attached hydrogens (tertiary/aromatic N) is 2. The van der Waals surface area contributed by atoms with Gasteiger partial charge in [0.05, 0.1) is 17.7 Å². The number of rotatable bonds is 3. The molecule has 4 rings (SSSR count). The smallest absolute Gasteiger partial charge is 0.217 e. The molecule has 0 aromatic heterocycles. The second-order valence-electron chi connectivity index (χ2n) is 6.79. The van der Waals surface area contributed by atoms with E-state index in [2.05, 4.69) is 25.1 Å². The van der Waals surface area contributed by atoms with Gasteiger partial charge in [0, 0.05) is 11.5 Å². The standard InChI is InChI=1S/C24H20N2O/c1-17-22(19-14-12-18(16-25)13-15-19)26-24(21-10-6-3-7-11-21)27-23(17)20-8-4-2-5-9-20/h2-15,17,22-23H,1H3/t17-,22+,23+/m1/s1. The van der Waals surface area contributed by atoms with Crippen LogP contribution in [0.1, 0.15) is 41.3 Å². The Hall–Kier alpha value is -3.38. The normalized spacial score (nSPS) is 21.6. The molecule has 1 aliphatic heterocycles. The van der Waals surface area contributed by atoms with Crippen molar-refractivity contribution in [3.63, 3.8) is 0 Å². The lowest BCUT2D eigenvalue weighted by Gasteiger charge is -2.35. The SMILES string of the molecule is C[C@@H]1[C@@H](c2ccc(C#N)cc2)N=C(c2ccccc2)O[C@@H]1c1ccccc1. The highest BCUT2D eigenvalue weighted by Gasteiger charge is 2.35. The quantitative estimate of drug-likeness (QED) is 0.629. The van der Waals surface area contributed by atoms with Crippen molar-refractivity contribution in [1.82, 2.24) is 0 Å². The Morgan fingerprint density at radius 1 is 0.815 bits per heavy atom. The average Bonchev–Trinajstić information content (AvgIpc) is 2.75. The molecule has 0 aliphatic carbocycles. The molecule has 27 heavy (non-hydrogen) atoms. The van der Waals surface area contributed by atoms with Gasteiger partial charge in [0.15, 0.2) is 0 Å². The van der Waals surface area contributed by atoms with Gasteiger partial charge in [-0.1, -0.05) is 67.6 Å². The minimum Gasteiger partial charge on any atom is -0.469 e. The second kappa shape index (κ2) is 7.47. The molecule has 0 saturated carbocycles. The number of hydrogen-bond donors (Lipinski definition) is 0. The Balaban J connectivity index is 1.78. The molecule has 3 nitrogen and oxygen atoms in total. The molecule has 0 unspecified atom stereocenters. The Morgan fingerprint density at radius 3 is 2.07 bits per heavy atom. The summed E-state index contributed by atoms with van der Waals surface area (Å²) in [5.41, 5.74) is 3.88. The molecule has 3 heteroatoms. The molecule has 0 radical (unpaired) electrons. The predicted molar refractivity (Wildman–Crippen MR) is 106 cm³/mol. The first-order valence-corrected chi connectivity index (χ1v) is 9.11. The molecule has 3 aromatic carbocycles. The van der Waals surface area contributed by atoms with Crippen LogP contribution in [0.3, 0.4) is 0 Å². The van der Waals surface area contributed by atoms with Gasteiger partial charge in [-0.3, -0.25) is 0 Å². The van der Waals surface area contributed by atoms with Crippen LogP contribution in [-0.4, -0.2) is 5.90 Å². The van der Waals surface area contributed by atoms with Crippen molar-refractivity contribution >= 4 is 5.90 Å². The molecule has 0 amide bonds. The maximum absolute atomic E-state index is 9.07. The van der Waals surface area contributed by atoms with Crippen molar-refractivity contribution in [2.24, 2.45) is 10.9 Å². The highest BCUT2D eigenvalue weighted by Crippen LogP contribution is 2.42. The molecule has 1 aliphatic rings. The van der Waals surface area contributed by atoms with Gasteiger partial charge in [0.1, 0.15) is 6.10 Å². The van der Waals surface area contributed by atoms with E-state index in [0.29, 0.717) is 11.5 Å². The summed E-state index contributed by atoms with van der Waals surface area (Å²) in [5.74, 6) is 0.824. The number of ether oxygens (including phenoxy) is 1. The minimum absolute atomic E-state index is 0.0353. The fraction of sp³-hybridized carbons (Fsp3) is 0.167. The number of aliphatic imine (C=N–C) groups is 1. The first kappa shape index (κ1) is 17.1. The molecule has 0 N–H and O–H groups in total. The van der Waals surface area contributed by atoms with Crippen molar-refractivity contribution in [3.8, 4) is 6.07 Å². The third-order valence-corrected chi connectivity index (χ3v) is 5.00. The summed E-state index contributed by atoms with van der Waals surface area (Å²) in [6, 6.07) is 30.2. The van der Waals surface area contributed by atoms with Crippen LogP contribution >= 0.6 is 0 Å². The molecule has 0 fully saturated rings. The Labute approximate surface area is 159 Å². The molecule has 3 atom stereocenters. The number of benzene rings is 3. The summed E-state index contributed by atoms with van der Waals surface area (Å²) in [4.78, 5) is 4.95. The van der Waals surface area contributed by atoms with Gasteiger partial charge in [-0.15, -0.1) is 0 Å². The third-order valence-electron chi connectivity index (χ3n) is 5.00. The van der Waals surface area contributed by atoms with Crippen molar-refractivity contribution in [2.45, 2.75) is 19.1 Å². The number of hydrogen-bond acceptors (Lipinski definition) is 3. The fourth-order valence-electron chi connectivity index (χ4n) is 3.54. The van der Waals surface area contributed by atoms with Crippen LogP contribution in [0.5, 0.6) is 0 Å². The van der Waals surface area contributed by atoms with Crippen molar-refractivity contribution in [2.75, 3.05) is 0 Å². The van der Waals surface area contributed by atoms with Gasteiger partial charge in [-0.25, -0.2) is 4.99 Å².